The number of benzene rings is 1. The summed E-state index contributed by atoms with van der Waals surface area (Å²) in [7, 11) is 0. The Morgan fingerprint density at radius 2 is 2.09 bits per heavy atom. The second kappa shape index (κ2) is 5.92. The van der Waals surface area contributed by atoms with Crippen LogP contribution < -0.4 is 0 Å². The fourth-order valence-corrected chi connectivity index (χ4v) is 3.86. The summed E-state index contributed by atoms with van der Waals surface area (Å²) < 4.78 is 1.57. The van der Waals surface area contributed by atoms with E-state index in [1.165, 1.54) is 11.2 Å². The van der Waals surface area contributed by atoms with Crippen LogP contribution in [0.2, 0.25) is 0 Å². The van der Waals surface area contributed by atoms with Crippen molar-refractivity contribution >= 4 is 17.2 Å². The number of hydrogen-bond acceptors (Lipinski definition) is 5. The number of rotatable bonds is 3. The molecule has 1 saturated heterocycles. The van der Waals surface area contributed by atoms with E-state index < -0.39 is 0 Å². The first kappa shape index (κ1) is 14.1. The van der Waals surface area contributed by atoms with Crippen LogP contribution in [0.4, 0.5) is 0 Å². The summed E-state index contributed by atoms with van der Waals surface area (Å²) >= 11 is 1.72. The monoisotopic (exact) mass is 325 g/mol. The Bertz CT molecular complexity index is 783. The third-order valence-corrected chi connectivity index (χ3v) is 5.09. The summed E-state index contributed by atoms with van der Waals surface area (Å²) in [6.45, 7) is 0.816. The summed E-state index contributed by atoms with van der Waals surface area (Å²) in [5.74, 6) is 0.0872. The zero-order valence-corrected chi connectivity index (χ0v) is 13.2. The molecule has 1 atom stereocenters. The van der Waals surface area contributed by atoms with Crippen molar-refractivity contribution in [3.05, 3.63) is 58.5 Å². The summed E-state index contributed by atoms with van der Waals surface area (Å²) in [5, 5.41) is 13.1. The molecule has 2 aromatic heterocycles. The molecule has 7 heteroatoms. The Hall–Kier alpha value is -2.54. The normalized spacial score (nSPS) is 17.6. The van der Waals surface area contributed by atoms with E-state index in [0.29, 0.717) is 5.56 Å². The Morgan fingerprint density at radius 3 is 2.78 bits per heavy atom. The second-order valence-corrected chi connectivity index (χ2v) is 6.45. The molecule has 0 bridgehead atoms. The van der Waals surface area contributed by atoms with Gasteiger partial charge in [0, 0.05) is 17.0 Å². The smallest absolute Gasteiger partial charge is 0.254 e. The Balaban J connectivity index is 1.56. The van der Waals surface area contributed by atoms with Crippen molar-refractivity contribution in [2.24, 2.45) is 0 Å². The zero-order chi connectivity index (χ0) is 15.6. The van der Waals surface area contributed by atoms with Crippen LogP contribution in [0.1, 0.15) is 34.1 Å². The third-order valence-electron chi connectivity index (χ3n) is 4.11. The number of aromatic nitrogens is 4. The van der Waals surface area contributed by atoms with Crippen LogP contribution in [-0.4, -0.2) is 37.6 Å². The van der Waals surface area contributed by atoms with Gasteiger partial charge in [-0.2, -0.15) is 0 Å². The van der Waals surface area contributed by atoms with E-state index in [2.05, 4.69) is 27.0 Å². The number of thiophene rings is 1. The minimum atomic E-state index is 0.0872. The lowest BCUT2D eigenvalue weighted by molar-refractivity contribution is 0.0738. The van der Waals surface area contributed by atoms with E-state index >= 15 is 0 Å². The van der Waals surface area contributed by atoms with Gasteiger partial charge in [0.2, 0.25) is 0 Å². The lowest BCUT2D eigenvalue weighted by Crippen LogP contribution is -2.30. The molecule has 1 aromatic carbocycles. The van der Waals surface area contributed by atoms with Gasteiger partial charge in [-0.3, -0.25) is 4.79 Å². The van der Waals surface area contributed by atoms with Gasteiger partial charge < -0.3 is 4.90 Å². The molecule has 4 rings (SSSR count). The highest BCUT2D eigenvalue weighted by atomic mass is 32.1. The number of nitrogens with zero attached hydrogens (tertiary/aromatic N) is 5. The number of tetrazole rings is 1. The van der Waals surface area contributed by atoms with Gasteiger partial charge in [0.25, 0.3) is 5.91 Å². The van der Waals surface area contributed by atoms with E-state index in [9.17, 15) is 4.79 Å². The first-order valence-electron chi connectivity index (χ1n) is 7.51. The van der Waals surface area contributed by atoms with Gasteiger partial charge in [-0.1, -0.05) is 6.07 Å². The lowest BCUT2D eigenvalue weighted by Gasteiger charge is -2.24. The number of carbonyl (C=O) groups excluding carboxylic acids is 1. The van der Waals surface area contributed by atoms with E-state index in [0.717, 1.165) is 25.1 Å². The molecule has 1 fully saturated rings. The molecule has 0 aliphatic carbocycles. The molecule has 3 aromatic rings. The first-order chi connectivity index (χ1) is 11.3. The van der Waals surface area contributed by atoms with Crippen molar-refractivity contribution in [2.75, 3.05) is 6.54 Å². The predicted octanol–water partition coefficient (Wildman–Crippen LogP) is 2.70. The highest BCUT2D eigenvalue weighted by Crippen LogP contribution is 2.35. The van der Waals surface area contributed by atoms with Gasteiger partial charge >= 0.3 is 0 Å². The molecule has 1 aliphatic heterocycles. The number of amides is 1. The molecular weight excluding hydrogens is 310 g/mol. The minimum Gasteiger partial charge on any atom is -0.331 e. The molecule has 0 spiro atoms. The van der Waals surface area contributed by atoms with Gasteiger partial charge in [0.05, 0.1) is 11.7 Å². The van der Waals surface area contributed by atoms with Gasteiger partial charge in [0.1, 0.15) is 6.33 Å². The number of likely N-dealkylation sites (tertiary alicyclic amines) is 1. The maximum Gasteiger partial charge on any atom is 0.254 e. The largest absolute Gasteiger partial charge is 0.331 e. The fourth-order valence-electron chi connectivity index (χ4n) is 2.99. The molecule has 1 aliphatic rings. The van der Waals surface area contributed by atoms with E-state index in [4.69, 9.17) is 0 Å². The highest BCUT2D eigenvalue weighted by Gasteiger charge is 2.31. The van der Waals surface area contributed by atoms with Crippen molar-refractivity contribution in [3.63, 3.8) is 0 Å². The summed E-state index contributed by atoms with van der Waals surface area (Å²) in [6, 6.07) is 11.8. The van der Waals surface area contributed by atoms with Crippen LogP contribution in [0.3, 0.4) is 0 Å². The summed E-state index contributed by atoms with van der Waals surface area (Å²) in [4.78, 5) is 16.1. The Morgan fingerprint density at radius 1 is 1.22 bits per heavy atom. The van der Waals surface area contributed by atoms with E-state index in [-0.39, 0.29) is 11.9 Å². The van der Waals surface area contributed by atoms with Crippen LogP contribution in [0, 0.1) is 0 Å². The van der Waals surface area contributed by atoms with Crippen LogP contribution in [0.25, 0.3) is 5.69 Å². The zero-order valence-electron chi connectivity index (χ0n) is 12.4. The second-order valence-electron chi connectivity index (χ2n) is 5.47. The lowest BCUT2D eigenvalue weighted by atomic mass is 10.1. The number of carbonyl (C=O) groups is 1. The Labute approximate surface area is 137 Å². The van der Waals surface area contributed by atoms with Crippen LogP contribution >= 0.6 is 11.3 Å². The summed E-state index contributed by atoms with van der Waals surface area (Å²) in [5.41, 5.74) is 1.54. The van der Waals surface area contributed by atoms with Crippen molar-refractivity contribution in [3.8, 4) is 5.69 Å². The van der Waals surface area contributed by atoms with Crippen molar-refractivity contribution < 1.29 is 4.79 Å². The number of hydrogen-bond donors (Lipinski definition) is 0. The van der Waals surface area contributed by atoms with Gasteiger partial charge in [-0.05, 0) is 59.0 Å². The average Bonchev–Trinajstić information content (AvgIpc) is 3.35. The molecule has 23 heavy (non-hydrogen) atoms. The SMILES string of the molecule is O=C(c1ccc(-n2cnnn2)cc1)N1CCCC1c1cccs1. The molecular formula is C16H15N5OS. The molecule has 3 heterocycles. The van der Waals surface area contributed by atoms with E-state index in [1.54, 1.807) is 16.0 Å². The van der Waals surface area contributed by atoms with Crippen LogP contribution in [0.5, 0.6) is 0 Å². The topological polar surface area (TPSA) is 63.9 Å². The quantitative estimate of drug-likeness (QED) is 0.743. The van der Waals surface area contributed by atoms with Crippen molar-refractivity contribution in [1.82, 2.24) is 25.1 Å². The molecule has 0 radical (unpaired) electrons. The highest BCUT2D eigenvalue weighted by molar-refractivity contribution is 7.10. The maximum atomic E-state index is 12.8. The van der Waals surface area contributed by atoms with Gasteiger partial charge in [0.15, 0.2) is 0 Å². The minimum absolute atomic E-state index is 0.0872. The molecule has 6 nitrogen and oxygen atoms in total. The Kier molecular flexibility index (Phi) is 3.63. The molecule has 1 amide bonds. The standard InChI is InChI=1S/C16H15N5OS/c22-16(20-9-1-3-14(20)15-4-2-10-23-15)12-5-7-13(8-6-12)21-11-17-18-19-21/h2,4-8,10-11,14H,1,3,9H2. The van der Waals surface area contributed by atoms with Gasteiger partial charge in [-0.15, -0.1) is 16.4 Å². The molecule has 1 unspecified atom stereocenters. The third kappa shape index (κ3) is 2.63. The van der Waals surface area contributed by atoms with Crippen LogP contribution in [-0.2, 0) is 0 Å². The van der Waals surface area contributed by atoms with Crippen LogP contribution in [0.15, 0.2) is 48.1 Å². The predicted molar refractivity (Wildman–Crippen MR) is 86.5 cm³/mol. The fraction of sp³-hybridized carbons (Fsp3) is 0.250. The molecule has 0 saturated carbocycles. The van der Waals surface area contributed by atoms with Gasteiger partial charge in [-0.25, -0.2) is 4.68 Å². The first-order valence-corrected chi connectivity index (χ1v) is 8.39. The van der Waals surface area contributed by atoms with Crippen molar-refractivity contribution in [1.29, 1.82) is 0 Å². The summed E-state index contributed by atoms with van der Waals surface area (Å²) in [6.07, 6.45) is 3.62. The van der Waals surface area contributed by atoms with Crippen molar-refractivity contribution in [2.45, 2.75) is 18.9 Å². The molecule has 0 N–H and O–H groups in total. The molecule has 116 valence electrons. The van der Waals surface area contributed by atoms with E-state index in [1.807, 2.05) is 35.2 Å². The average molecular weight is 325 g/mol. The maximum absolute atomic E-state index is 12.8.